The molecule has 0 aliphatic rings. The molecular weight excluding hydrogens is 264 g/mol. The fraction of sp³-hybridized carbons (Fsp3) is 0.647. The molecule has 1 rings (SSSR count). The first kappa shape index (κ1) is 17.8. The molecule has 0 fully saturated rings. The van der Waals surface area contributed by atoms with Crippen molar-refractivity contribution in [2.24, 2.45) is 11.7 Å². The first-order chi connectivity index (χ1) is 9.88. The summed E-state index contributed by atoms with van der Waals surface area (Å²) in [6.45, 7) is 7.53. The van der Waals surface area contributed by atoms with E-state index >= 15 is 0 Å². The topological polar surface area (TPSA) is 47.7 Å². The van der Waals surface area contributed by atoms with Gasteiger partial charge in [0, 0.05) is 24.2 Å². The van der Waals surface area contributed by atoms with Gasteiger partial charge in [0.1, 0.15) is 11.5 Å². The maximum atomic E-state index is 6.39. The van der Waals surface area contributed by atoms with Gasteiger partial charge >= 0.3 is 0 Å². The third-order valence-corrected chi connectivity index (χ3v) is 3.89. The second-order valence-electron chi connectivity index (χ2n) is 6.13. The number of nitrogens with zero attached hydrogens (tertiary/aromatic N) is 1. The molecule has 1 aromatic rings. The molecule has 4 nitrogen and oxygen atoms in total. The van der Waals surface area contributed by atoms with Gasteiger partial charge in [-0.25, -0.2) is 0 Å². The van der Waals surface area contributed by atoms with Gasteiger partial charge in [-0.2, -0.15) is 0 Å². The lowest BCUT2D eigenvalue weighted by molar-refractivity contribution is 0.215. The largest absolute Gasteiger partial charge is 0.497 e. The third kappa shape index (κ3) is 5.21. The first-order valence-electron chi connectivity index (χ1n) is 7.56. The fourth-order valence-electron chi connectivity index (χ4n) is 2.58. The summed E-state index contributed by atoms with van der Waals surface area (Å²) in [4.78, 5) is 2.31. The highest BCUT2D eigenvalue weighted by Gasteiger charge is 2.18. The van der Waals surface area contributed by atoms with Crippen molar-refractivity contribution in [1.82, 2.24) is 4.90 Å². The predicted molar refractivity (Wildman–Crippen MR) is 88.0 cm³/mol. The molecule has 0 spiro atoms. The van der Waals surface area contributed by atoms with Crippen LogP contribution in [0.1, 0.15) is 38.8 Å². The van der Waals surface area contributed by atoms with E-state index in [1.807, 2.05) is 18.2 Å². The smallest absolute Gasteiger partial charge is 0.123 e. The van der Waals surface area contributed by atoms with Crippen LogP contribution in [0.2, 0.25) is 0 Å². The van der Waals surface area contributed by atoms with Crippen molar-refractivity contribution >= 4 is 0 Å². The minimum Gasteiger partial charge on any atom is -0.497 e. The molecular formula is C17H30N2O2. The molecule has 0 aliphatic heterocycles. The normalized spacial score (nSPS) is 14.3. The summed E-state index contributed by atoms with van der Waals surface area (Å²) in [5.74, 6) is 2.30. The number of hydrogen-bond donors (Lipinski definition) is 1. The Labute approximate surface area is 129 Å². The number of methoxy groups -OCH3 is 2. The molecule has 0 amide bonds. The number of rotatable bonds is 8. The van der Waals surface area contributed by atoms with Crippen molar-refractivity contribution in [2.75, 3.05) is 27.8 Å². The minimum absolute atomic E-state index is 0.102. The van der Waals surface area contributed by atoms with Crippen LogP contribution >= 0.6 is 0 Å². The summed E-state index contributed by atoms with van der Waals surface area (Å²) in [5.41, 5.74) is 7.37. The Morgan fingerprint density at radius 1 is 1.14 bits per heavy atom. The highest BCUT2D eigenvalue weighted by Crippen LogP contribution is 2.29. The average molecular weight is 294 g/mol. The standard InChI is InChI=1S/C17H30N2O2/c1-12(2)9-13(3)19(4)11-16(18)15-10-14(20-5)7-8-17(15)21-6/h7-8,10,12-13,16H,9,11,18H2,1-6H3. The lowest BCUT2D eigenvalue weighted by Crippen LogP contribution is -2.36. The number of likely N-dealkylation sites (N-methyl/N-ethyl adjacent to an activating group) is 1. The number of benzene rings is 1. The zero-order chi connectivity index (χ0) is 16.0. The summed E-state index contributed by atoms with van der Waals surface area (Å²) in [6.07, 6.45) is 1.17. The van der Waals surface area contributed by atoms with Crippen LogP contribution in [0.5, 0.6) is 11.5 Å². The van der Waals surface area contributed by atoms with Crippen molar-refractivity contribution in [3.63, 3.8) is 0 Å². The van der Waals surface area contributed by atoms with Crippen molar-refractivity contribution in [3.8, 4) is 11.5 Å². The van der Waals surface area contributed by atoms with Gasteiger partial charge in [-0.1, -0.05) is 13.8 Å². The Balaban J connectivity index is 2.80. The van der Waals surface area contributed by atoms with E-state index in [0.717, 1.165) is 23.6 Å². The third-order valence-electron chi connectivity index (χ3n) is 3.89. The molecule has 0 heterocycles. The van der Waals surface area contributed by atoms with Gasteiger partial charge in [0.25, 0.3) is 0 Å². The molecule has 2 N–H and O–H groups in total. The van der Waals surface area contributed by atoms with Gasteiger partial charge in [0.05, 0.1) is 14.2 Å². The zero-order valence-electron chi connectivity index (χ0n) is 14.2. The summed E-state index contributed by atoms with van der Waals surface area (Å²) in [5, 5.41) is 0. The quantitative estimate of drug-likeness (QED) is 0.800. The molecule has 1 aromatic carbocycles. The molecule has 2 atom stereocenters. The molecule has 4 heteroatoms. The fourth-order valence-corrected chi connectivity index (χ4v) is 2.58. The van der Waals surface area contributed by atoms with Crippen LogP contribution in [0.15, 0.2) is 18.2 Å². The van der Waals surface area contributed by atoms with Gasteiger partial charge in [0.15, 0.2) is 0 Å². The molecule has 120 valence electrons. The second-order valence-corrected chi connectivity index (χ2v) is 6.13. The van der Waals surface area contributed by atoms with Gasteiger partial charge < -0.3 is 20.1 Å². The Kier molecular flexibility index (Phi) is 6.99. The number of ether oxygens (including phenoxy) is 2. The Morgan fingerprint density at radius 3 is 2.33 bits per heavy atom. The monoisotopic (exact) mass is 294 g/mol. The summed E-state index contributed by atoms with van der Waals surface area (Å²) in [6, 6.07) is 6.17. The summed E-state index contributed by atoms with van der Waals surface area (Å²) < 4.78 is 10.7. The summed E-state index contributed by atoms with van der Waals surface area (Å²) in [7, 11) is 5.45. The van der Waals surface area contributed by atoms with Crippen LogP contribution in [-0.2, 0) is 0 Å². The van der Waals surface area contributed by atoms with E-state index in [9.17, 15) is 0 Å². The van der Waals surface area contributed by atoms with E-state index in [1.54, 1.807) is 14.2 Å². The lowest BCUT2D eigenvalue weighted by atomic mass is 10.0. The van der Waals surface area contributed by atoms with Gasteiger partial charge in [0.2, 0.25) is 0 Å². The Hall–Kier alpha value is -1.26. The predicted octanol–water partition coefficient (Wildman–Crippen LogP) is 3.07. The molecule has 0 bridgehead atoms. The molecule has 0 aliphatic carbocycles. The van der Waals surface area contributed by atoms with Crippen LogP contribution in [0.4, 0.5) is 0 Å². The van der Waals surface area contributed by atoms with Crippen LogP contribution in [0, 0.1) is 5.92 Å². The van der Waals surface area contributed by atoms with E-state index in [1.165, 1.54) is 6.42 Å². The molecule has 0 saturated heterocycles. The van der Waals surface area contributed by atoms with E-state index in [4.69, 9.17) is 15.2 Å². The average Bonchev–Trinajstić information content (AvgIpc) is 2.45. The highest BCUT2D eigenvalue weighted by atomic mass is 16.5. The molecule has 0 aromatic heterocycles. The van der Waals surface area contributed by atoms with Crippen molar-refractivity contribution < 1.29 is 9.47 Å². The highest BCUT2D eigenvalue weighted by molar-refractivity contribution is 5.42. The lowest BCUT2D eigenvalue weighted by Gasteiger charge is -2.29. The number of nitrogens with two attached hydrogens (primary N) is 1. The van der Waals surface area contributed by atoms with Crippen LogP contribution in [-0.4, -0.2) is 38.8 Å². The molecule has 0 radical (unpaired) electrons. The van der Waals surface area contributed by atoms with E-state index in [0.29, 0.717) is 12.0 Å². The Bertz CT molecular complexity index is 435. The maximum absolute atomic E-state index is 6.39. The summed E-state index contributed by atoms with van der Waals surface area (Å²) >= 11 is 0. The van der Waals surface area contributed by atoms with E-state index < -0.39 is 0 Å². The number of hydrogen-bond acceptors (Lipinski definition) is 4. The van der Waals surface area contributed by atoms with E-state index in [-0.39, 0.29) is 6.04 Å². The first-order valence-corrected chi connectivity index (χ1v) is 7.56. The van der Waals surface area contributed by atoms with Gasteiger partial charge in [-0.15, -0.1) is 0 Å². The van der Waals surface area contributed by atoms with Gasteiger partial charge in [-0.05, 0) is 44.5 Å². The van der Waals surface area contributed by atoms with Crippen LogP contribution in [0.3, 0.4) is 0 Å². The second kappa shape index (κ2) is 8.25. The van der Waals surface area contributed by atoms with E-state index in [2.05, 4.69) is 32.7 Å². The molecule has 21 heavy (non-hydrogen) atoms. The van der Waals surface area contributed by atoms with Crippen LogP contribution < -0.4 is 15.2 Å². The zero-order valence-corrected chi connectivity index (χ0v) is 14.2. The molecule has 0 saturated carbocycles. The maximum Gasteiger partial charge on any atom is 0.123 e. The van der Waals surface area contributed by atoms with Crippen molar-refractivity contribution in [3.05, 3.63) is 23.8 Å². The van der Waals surface area contributed by atoms with Gasteiger partial charge in [-0.3, -0.25) is 0 Å². The molecule has 2 unspecified atom stereocenters. The SMILES string of the molecule is COc1ccc(OC)c(C(N)CN(C)C(C)CC(C)C)c1. The Morgan fingerprint density at radius 2 is 1.81 bits per heavy atom. The van der Waals surface area contributed by atoms with Crippen LogP contribution in [0.25, 0.3) is 0 Å². The van der Waals surface area contributed by atoms with Crippen molar-refractivity contribution in [1.29, 1.82) is 0 Å². The minimum atomic E-state index is -0.102. The van der Waals surface area contributed by atoms with Crippen molar-refractivity contribution in [2.45, 2.75) is 39.3 Å².